The average Bonchev–Trinajstić information content (AvgIpc) is 3.09. The summed E-state index contributed by atoms with van der Waals surface area (Å²) in [6.45, 7) is 8.12. The smallest absolute Gasteiger partial charge is 0.266 e. The zero-order valence-electron chi connectivity index (χ0n) is 15.3. The second-order valence-corrected chi connectivity index (χ2v) is 5.43. The minimum atomic E-state index is -0.498. The van der Waals surface area contributed by atoms with Gasteiger partial charge in [0.05, 0.1) is 6.61 Å². The Morgan fingerprint density at radius 1 is 1.27 bits per heavy atom. The zero-order valence-corrected chi connectivity index (χ0v) is 15.3. The predicted molar refractivity (Wildman–Crippen MR) is 102 cm³/mol. The van der Waals surface area contributed by atoms with Crippen molar-refractivity contribution in [2.45, 2.75) is 20.8 Å². The number of ether oxygens (including phenoxy) is 1. The molecule has 0 aliphatic heterocycles. The van der Waals surface area contributed by atoms with Gasteiger partial charge < -0.3 is 19.4 Å². The third-order valence-corrected chi connectivity index (χ3v) is 3.74. The summed E-state index contributed by atoms with van der Waals surface area (Å²) in [5.41, 5.74) is 0.526. The molecule has 1 aromatic carbocycles. The Bertz CT molecular complexity index is 814. The highest BCUT2D eigenvalue weighted by Crippen LogP contribution is 2.21. The van der Waals surface area contributed by atoms with Crippen LogP contribution in [0.2, 0.25) is 0 Å². The predicted octanol–water partition coefficient (Wildman–Crippen LogP) is 4.07. The van der Waals surface area contributed by atoms with Crippen molar-refractivity contribution in [1.29, 1.82) is 5.26 Å². The van der Waals surface area contributed by atoms with Crippen LogP contribution in [0.15, 0.2) is 46.4 Å². The summed E-state index contributed by atoms with van der Waals surface area (Å²) in [7, 11) is 0. The van der Waals surface area contributed by atoms with Gasteiger partial charge in [0.1, 0.15) is 23.2 Å². The molecule has 0 spiro atoms. The van der Waals surface area contributed by atoms with Crippen LogP contribution in [0.4, 0.5) is 11.6 Å². The summed E-state index contributed by atoms with van der Waals surface area (Å²) in [5, 5.41) is 12.0. The van der Waals surface area contributed by atoms with E-state index in [1.54, 1.807) is 30.3 Å². The number of nitriles is 1. The van der Waals surface area contributed by atoms with E-state index in [-0.39, 0.29) is 5.57 Å². The van der Waals surface area contributed by atoms with Crippen LogP contribution in [-0.4, -0.2) is 25.6 Å². The van der Waals surface area contributed by atoms with E-state index in [0.717, 1.165) is 13.1 Å². The molecule has 1 amide bonds. The maximum Gasteiger partial charge on any atom is 0.266 e. The van der Waals surface area contributed by atoms with E-state index in [0.29, 0.717) is 29.7 Å². The third-order valence-electron chi connectivity index (χ3n) is 3.74. The molecule has 1 aromatic heterocycles. The van der Waals surface area contributed by atoms with E-state index >= 15 is 0 Å². The van der Waals surface area contributed by atoms with Gasteiger partial charge >= 0.3 is 0 Å². The van der Waals surface area contributed by atoms with Crippen LogP contribution >= 0.6 is 0 Å². The highest BCUT2D eigenvalue weighted by atomic mass is 16.5. The molecule has 6 nitrogen and oxygen atoms in total. The minimum absolute atomic E-state index is 0.0349. The number of benzene rings is 1. The van der Waals surface area contributed by atoms with Crippen molar-refractivity contribution in [3.8, 4) is 11.8 Å². The van der Waals surface area contributed by atoms with Crippen molar-refractivity contribution in [3.05, 3.63) is 47.7 Å². The molecule has 136 valence electrons. The summed E-state index contributed by atoms with van der Waals surface area (Å²) in [5.74, 6) is 1.33. The zero-order chi connectivity index (χ0) is 18.9. The molecule has 2 rings (SSSR count). The number of carbonyl (C=O) groups is 1. The second-order valence-electron chi connectivity index (χ2n) is 5.43. The molecule has 1 heterocycles. The first kappa shape index (κ1) is 19.1. The van der Waals surface area contributed by atoms with Gasteiger partial charge in [-0.2, -0.15) is 5.26 Å². The molecule has 26 heavy (non-hydrogen) atoms. The van der Waals surface area contributed by atoms with Crippen molar-refractivity contribution >= 4 is 23.6 Å². The van der Waals surface area contributed by atoms with E-state index in [9.17, 15) is 10.1 Å². The van der Waals surface area contributed by atoms with E-state index in [1.807, 2.05) is 37.8 Å². The van der Waals surface area contributed by atoms with Crippen molar-refractivity contribution in [2.75, 3.05) is 29.9 Å². The largest absolute Gasteiger partial charge is 0.494 e. The third kappa shape index (κ3) is 4.90. The maximum absolute atomic E-state index is 12.4. The standard InChI is InChI=1S/C20H23N3O3/c1-4-23(5-2)19-11-10-18(26-19)12-15(14-21)20(24)22-16-8-7-9-17(13-16)25-6-3/h7-13H,4-6H2,1-3H3,(H,22,24)/b15-12+. The van der Waals surface area contributed by atoms with Crippen molar-refractivity contribution in [3.63, 3.8) is 0 Å². The van der Waals surface area contributed by atoms with Crippen LogP contribution in [0, 0.1) is 11.3 Å². The fourth-order valence-corrected chi connectivity index (χ4v) is 2.44. The van der Waals surface area contributed by atoms with E-state index in [4.69, 9.17) is 9.15 Å². The normalized spacial score (nSPS) is 10.9. The van der Waals surface area contributed by atoms with Gasteiger partial charge in [0, 0.05) is 37.0 Å². The molecule has 0 unspecified atom stereocenters. The average molecular weight is 353 g/mol. The molecule has 0 saturated heterocycles. The lowest BCUT2D eigenvalue weighted by molar-refractivity contribution is -0.112. The number of carbonyl (C=O) groups excluding carboxylic acids is 1. The number of rotatable bonds is 8. The number of anilines is 2. The molecule has 0 aliphatic rings. The minimum Gasteiger partial charge on any atom is -0.494 e. The lowest BCUT2D eigenvalue weighted by Crippen LogP contribution is -2.20. The number of hydrogen-bond donors (Lipinski definition) is 1. The van der Waals surface area contributed by atoms with Gasteiger partial charge in [0.2, 0.25) is 0 Å². The monoisotopic (exact) mass is 353 g/mol. The number of furan rings is 1. The maximum atomic E-state index is 12.4. The van der Waals surface area contributed by atoms with Crippen LogP contribution in [-0.2, 0) is 4.79 Å². The Kier molecular flexibility index (Phi) is 6.86. The number of amides is 1. The highest BCUT2D eigenvalue weighted by molar-refractivity contribution is 6.09. The SMILES string of the molecule is CCOc1cccc(NC(=O)/C(C#N)=C/c2ccc(N(CC)CC)o2)c1. The Balaban J connectivity index is 2.15. The van der Waals surface area contributed by atoms with Crippen molar-refractivity contribution < 1.29 is 13.9 Å². The molecule has 2 aromatic rings. The summed E-state index contributed by atoms with van der Waals surface area (Å²) < 4.78 is 11.1. The Hall–Kier alpha value is -3.20. The molecule has 0 saturated carbocycles. The van der Waals surface area contributed by atoms with E-state index in [2.05, 4.69) is 5.32 Å². The van der Waals surface area contributed by atoms with Crippen molar-refractivity contribution in [1.82, 2.24) is 0 Å². The molecule has 0 radical (unpaired) electrons. The van der Waals surface area contributed by atoms with Crippen LogP contribution in [0.1, 0.15) is 26.5 Å². The van der Waals surface area contributed by atoms with Gasteiger partial charge in [-0.1, -0.05) is 6.07 Å². The van der Waals surface area contributed by atoms with Gasteiger partial charge in [-0.3, -0.25) is 4.79 Å². The molecular formula is C20H23N3O3. The molecule has 6 heteroatoms. The fraction of sp³-hybridized carbons (Fsp3) is 0.300. The van der Waals surface area contributed by atoms with Crippen LogP contribution in [0.5, 0.6) is 5.75 Å². The van der Waals surface area contributed by atoms with Gasteiger partial charge in [-0.15, -0.1) is 0 Å². The van der Waals surface area contributed by atoms with E-state index < -0.39 is 5.91 Å². The summed E-state index contributed by atoms with van der Waals surface area (Å²) >= 11 is 0. The first-order chi connectivity index (χ1) is 12.6. The van der Waals surface area contributed by atoms with Gasteiger partial charge in [0.15, 0.2) is 5.88 Å². The molecule has 0 bridgehead atoms. The first-order valence-corrected chi connectivity index (χ1v) is 8.62. The summed E-state index contributed by atoms with van der Waals surface area (Å²) in [4.78, 5) is 14.4. The quantitative estimate of drug-likeness (QED) is 0.572. The Morgan fingerprint density at radius 3 is 2.69 bits per heavy atom. The van der Waals surface area contributed by atoms with Gasteiger partial charge in [-0.25, -0.2) is 0 Å². The topological polar surface area (TPSA) is 78.5 Å². The molecule has 0 aliphatic carbocycles. The number of hydrogen-bond acceptors (Lipinski definition) is 5. The molecule has 0 atom stereocenters. The van der Waals surface area contributed by atoms with Crippen molar-refractivity contribution in [2.24, 2.45) is 0 Å². The lowest BCUT2D eigenvalue weighted by Gasteiger charge is -2.16. The Labute approximate surface area is 153 Å². The van der Waals surface area contributed by atoms with Crippen LogP contribution in [0.25, 0.3) is 6.08 Å². The highest BCUT2D eigenvalue weighted by Gasteiger charge is 2.12. The van der Waals surface area contributed by atoms with E-state index in [1.165, 1.54) is 6.08 Å². The first-order valence-electron chi connectivity index (χ1n) is 8.62. The second kappa shape index (κ2) is 9.33. The van der Waals surface area contributed by atoms with Crippen LogP contribution < -0.4 is 15.0 Å². The lowest BCUT2D eigenvalue weighted by atomic mass is 10.2. The van der Waals surface area contributed by atoms with Gasteiger partial charge in [-0.05, 0) is 39.0 Å². The van der Waals surface area contributed by atoms with Gasteiger partial charge in [0.25, 0.3) is 5.91 Å². The summed E-state index contributed by atoms with van der Waals surface area (Å²) in [6.07, 6.45) is 1.44. The number of nitrogens with one attached hydrogen (secondary N) is 1. The molecular weight excluding hydrogens is 330 g/mol. The fourth-order valence-electron chi connectivity index (χ4n) is 2.44. The summed E-state index contributed by atoms with van der Waals surface area (Å²) in [6, 6.07) is 12.5. The molecule has 1 N–H and O–H groups in total. The molecule has 0 fully saturated rings. The Morgan fingerprint density at radius 2 is 2.04 bits per heavy atom. The number of nitrogens with zero attached hydrogens (tertiary/aromatic N) is 2. The van der Waals surface area contributed by atoms with Crippen LogP contribution in [0.3, 0.4) is 0 Å².